The van der Waals surface area contributed by atoms with E-state index < -0.39 is 0 Å². The zero-order valence-corrected chi connectivity index (χ0v) is 19.9. The predicted molar refractivity (Wildman–Crippen MR) is 135 cm³/mol. The number of nitrogens with zero attached hydrogens (tertiary/aromatic N) is 3. The highest BCUT2D eigenvalue weighted by molar-refractivity contribution is 7.99. The maximum atomic E-state index is 13.2. The number of anilines is 1. The number of nitrogens with one attached hydrogen (secondary N) is 2. The van der Waals surface area contributed by atoms with Gasteiger partial charge in [-0.3, -0.25) is 9.59 Å². The van der Waals surface area contributed by atoms with Crippen LogP contribution in [0.1, 0.15) is 15.9 Å². The largest absolute Gasteiger partial charge is 0.352 e. The second kappa shape index (κ2) is 11.4. The summed E-state index contributed by atoms with van der Waals surface area (Å²) in [7, 11) is 1.79. The monoisotopic (exact) mass is 489 g/mol. The number of aromatic nitrogens is 3. The Morgan fingerprint density at radius 3 is 2.43 bits per heavy atom. The van der Waals surface area contributed by atoms with Crippen LogP contribution >= 0.6 is 11.8 Å². The van der Waals surface area contributed by atoms with E-state index in [9.17, 15) is 14.0 Å². The molecule has 9 heteroatoms. The van der Waals surface area contributed by atoms with E-state index in [0.29, 0.717) is 28.8 Å². The average Bonchev–Trinajstić information content (AvgIpc) is 3.24. The van der Waals surface area contributed by atoms with Gasteiger partial charge in [0.2, 0.25) is 5.91 Å². The van der Waals surface area contributed by atoms with E-state index in [1.165, 1.54) is 23.9 Å². The molecule has 0 unspecified atom stereocenters. The molecule has 35 heavy (non-hydrogen) atoms. The van der Waals surface area contributed by atoms with Crippen LogP contribution in [0.2, 0.25) is 0 Å². The highest BCUT2D eigenvalue weighted by Gasteiger charge is 2.16. The van der Waals surface area contributed by atoms with Gasteiger partial charge in [-0.05, 0) is 48.4 Å². The Morgan fingerprint density at radius 1 is 0.943 bits per heavy atom. The van der Waals surface area contributed by atoms with Crippen LogP contribution < -0.4 is 10.6 Å². The minimum atomic E-state index is -0.327. The van der Waals surface area contributed by atoms with Gasteiger partial charge >= 0.3 is 0 Å². The van der Waals surface area contributed by atoms with Crippen molar-refractivity contribution in [2.45, 2.75) is 11.6 Å². The third kappa shape index (κ3) is 6.33. The van der Waals surface area contributed by atoms with Gasteiger partial charge in [0, 0.05) is 19.2 Å². The number of carbonyl (C=O) groups excluding carboxylic acids is 2. The lowest BCUT2D eigenvalue weighted by atomic mass is 10.1. The summed E-state index contributed by atoms with van der Waals surface area (Å²) in [6.07, 6.45) is 0.718. The molecular weight excluding hydrogens is 465 g/mol. The summed E-state index contributed by atoms with van der Waals surface area (Å²) in [6, 6.07) is 22.8. The molecule has 0 bridgehead atoms. The average molecular weight is 490 g/mol. The second-order valence-corrected chi connectivity index (χ2v) is 8.69. The van der Waals surface area contributed by atoms with Gasteiger partial charge in [-0.1, -0.05) is 54.2 Å². The van der Waals surface area contributed by atoms with Gasteiger partial charge < -0.3 is 15.2 Å². The van der Waals surface area contributed by atoms with Gasteiger partial charge in [0.15, 0.2) is 11.0 Å². The third-order valence-corrected chi connectivity index (χ3v) is 6.28. The van der Waals surface area contributed by atoms with Crippen molar-refractivity contribution < 1.29 is 14.0 Å². The van der Waals surface area contributed by atoms with Crippen LogP contribution in [0.25, 0.3) is 11.4 Å². The van der Waals surface area contributed by atoms with Crippen molar-refractivity contribution in [2.24, 2.45) is 7.05 Å². The Bertz CT molecular complexity index is 1310. The van der Waals surface area contributed by atoms with Crippen molar-refractivity contribution in [2.75, 3.05) is 17.6 Å². The maximum absolute atomic E-state index is 13.2. The zero-order valence-electron chi connectivity index (χ0n) is 19.1. The highest BCUT2D eigenvalue weighted by atomic mass is 32.2. The Labute approximate surface area is 206 Å². The van der Waals surface area contributed by atoms with Gasteiger partial charge in [-0.15, -0.1) is 10.2 Å². The number of carbonyl (C=O) groups is 2. The Kier molecular flexibility index (Phi) is 7.89. The van der Waals surface area contributed by atoms with Crippen LogP contribution in [0.3, 0.4) is 0 Å². The SMILES string of the molecule is Cn1c(SCC(=O)Nc2ccccc2C(=O)NCCc2ccccc2)nnc1-c1ccc(F)cc1. The van der Waals surface area contributed by atoms with Crippen LogP contribution in [0, 0.1) is 5.82 Å². The lowest BCUT2D eigenvalue weighted by Gasteiger charge is -2.11. The molecule has 0 saturated heterocycles. The molecule has 4 rings (SSSR count). The molecule has 0 aliphatic carbocycles. The molecule has 1 aromatic heterocycles. The quantitative estimate of drug-likeness (QED) is 0.342. The number of thioether (sulfide) groups is 1. The van der Waals surface area contributed by atoms with Gasteiger partial charge in [0.25, 0.3) is 5.91 Å². The molecule has 0 spiro atoms. The van der Waals surface area contributed by atoms with E-state index in [2.05, 4.69) is 20.8 Å². The Hall–Kier alpha value is -3.98. The van der Waals surface area contributed by atoms with Crippen molar-refractivity contribution in [1.82, 2.24) is 20.1 Å². The molecule has 2 N–H and O–H groups in total. The predicted octanol–water partition coefficient (Wildman–Crippen LogP) is 4.32. The van der Waals surface area contributed by atoms with Gasteiger partial charge in [0.05, 0.1) is 17.0 Å². The van der Waals surface area contributed by atoms with E-state index in [0.717, 1.165) is 17.5 Å². The van der Waals surface area contributed by atoms with Crippen molar-refractivity contribution in [1.29, 1.82) is 0 Å². The zero-order chi connectivity index (χ0) is 24.6. The molecule has 2 amide bonds. The van der Waals surface area contributed by atoms with Crippen LogP contribution in [0.5, 0.6) is 0 Å². The third-order valence-electron chi connectivity index (χ3n) is 5.26. The van der Waals surface area contributed by atoms with Crippen LogP contribution in [-0.4, -0.2) is 38.9 Å². The first kappa shape index (κ1) is 24.2. The molecule has 0 aliphatic heterocycles. The molecular formula is C26H24FN5O2S. The van der Waals surface area contributed by atoms with Gasteiger partial charge in [0.1, 0.15) is 5.82 Å². The summed E-state index contributed by atoms with van der Waals surface area (Å²) < 4.78 is 14.9. The van der Waals surface area contributed by atoms with Crippen LogP contribution in [-0.2, 0) is 18.3 Å². The summed E-state index contributed by atoms with van der Waals surface area (Å²) in [5.41, 5.74) is 2.71. The fourth-order valence-electron chi connectivity index (χ4n) is 3.46. The lowest BCUT2D eigenvalue weighted by molar-refractivity contribution is -0.113. The summed E-state index contributed by atoms with van der Waals surface area (Å²) >= 11 is 1.22. The molecule has 0 aliphatic rings. The topological polar surface area (TPSA) is 88.9 Å². The minimum absolute atomic E-state index is 0.0827. The number of amides is 2. The molecule has 3 aromatic carbocycles. The first-order valence-electron chi connectivity index (χ1n) is 11.0. The highest BCUT2D eigenvalue weighted by Crippen LogP contribution is 2.23. The summed E-state index contributed by atoms with van der Waals surface area (Å²) in [6.45, 7) is 0.490. The van der Waals surface area contributed by atoms with Crippen LogP contribution in [0.4, 0.5) is 10.1 Å². The Morgan fingerprint density at radius 2 is 1.66 bits per heavy atom. The van der Waals surface area contributed by atoms with Gasteiger partial charge in [-0.25, -0.2) is 4.39 Å². The summed E-state index contributed by atoms with van der Waals surface area (Å²) in [5, 5.41) is 14.6. The standard InChI is InChI=1S/C26H24FN5O2S/c1-32-24(19-11-13-20(27)14-12-19)30-31-26(32)35-17-23(33)29-22-10-6-5-9-21(22)25(34)28-16-15-18-7-3-2-4-8-18/h2-14H,15-17H2,1H3,(H,28,34)(H,29,33). The Balaban J connectivity index is 1.33. The van der Waals surface area contributed by atoms with Crippen molar-refractivity contribution in [3.8, 4) is 11.4 Å². The molecule has 0 fully saturated rings. The smallest absolute Gasteiger partial charge is 0.253 e. The summed E-state index contributed by atoms with van der Waals surface area (Å²) in [4.78, 5) is 25.3. The first-order chi connectivity index (χ1) is 17.0. The number of hydrogen-bond donors (Lipinski definition) is 2. The van der Waals surface area contributed by atoms with Crippen LogP contribution in [0.15, 0.2) is 84.0 Å². The second-order valence-electron chi connectivity index (χ2n) is 7.75. The molecule has 7 nitrogen and oxygen atoms in total. The number of halogens is 1. The van der Waals surface area contributed by atoms with Crippen molar-refractivity contribution in [3.05, 3.63) is 95.8 Å². The minimum Gasteiger partial charge on any atom is -0.352 e. The lowest BCUT2D eigenvalue weighted by Crippen LogP contribution is -2.27. The molecule has 0 saturated carbocycles. The van der Waals surface area contributed by atoms with E-state index in [4.69, 9.17) is 0 Å². The van der Waals surface area contributed by atoms with E-state index in [1.807, 2.05) is 30.3 Å². The molecule has 178 valence electrons. The van der Waals surface area contributed by atoms with Crippen molar-refractivity contribution >= 4 is 29.3 Å². The molecule has 0 atom stereocenters. The number of benzene rings is 3. The first-order valence-corrected chi connectivity index (χ1v) is 12.0. The van der Waals surface area contributed by atoms with Gasteiger partial charge in [-0.2, -0.15) is 0 Å². The van der Waals surface area contributed by atoms with Crippen molar-refractivity contribution in [3.63, 3.8) is 0 Å². The fraction of sp³-hybridized carbons (Fsp3) is 0.154. The molecule has 1 heterocycles. The van der Waals surface area contributed by atoms with E-state index in [-0.39, 0.29) is 23.4 Å². The molecule has 4 aromatic rings. The van der Waals surface area contributed by atoms with E-state index in [1.54, 1.807) is 48.0 Å². The fourth-order valence-corrected chi connectivity index (χ4v) is 4.17. The normalized spacial score (nSPS) is 10.7. The maximum Gasteiger partial charge on any atom is 0.253 e. The summed E-state index contributed by atoms with van der Waals surface area (Å²) in [5.74, 6) is -0.190. The molecule has 0 radical (unpaired) electrons. The number of para-hydroxylation sites is 1. The number of rotatable bonds is 9. The number of hydrogen-bond acceptors (Lipinski definition) is 5. The van der Waals surface area contributed by atoms with E-state index >= 15 is 0 Å².